The third-order valence-electron chi connectivity index (χ3n) is 1.84. The van der Waals surface area contributed by atoms with Gasteiger partial charge in [0.1, 0.15) is 5.75 Å². The molecule has 1 rings (SSSR count). The van der Waals surface area contributed by atoms with Gasteiger partial charge in [-0.15, -0.1) is 0 Å². The number of benzene rings is 1. The number of hydrogen-bond acceptors (Lipinski definition) is 3. The Morgan fingerprint density at radius 1 is 1.33 bits per heavy atom. The van der Waals surface area contributed by atoms with Crippen LogP contribution in [0.25, 0.3) is 6.08 Å². The quantitative estimate of drug-likeness (QED) is 0.673. The van der Waals surface area contributed by atoms with Crippen molar-refractivity contribution in [3.8, 4) is 5.75 Å². The second kappa shape index (κ2) is 6.22. The van der Waals surface area contributed by atoms with Gasteiger partial charge in [0.2, 0.25) is 0 Å². The van der Waals surface area contributed by atoms with Gasteiger partial charge >= 0.3 is 0 Å². The van der Waals surface area contributed by atoms with E-state index in [-0.39, 0.29) is 13.1 Å². The lowest BCUT2D eigenvalue weighted by Crippen LogP contribution is -2.17. The number of hydrogen-bond donors (Lipinski definition) is 0. The maximum absolute atomic E-state index is 5.48. The van der Waals surface area contributed by atoms with Crippen molar-refractivity contribution < 1.29 is 14.2 Å². The van der Waals surface area contributed by atoms with Crippen LogP contribution in [0.4, 0.5) is 0 Å². The van der Waals surface area contributed by atoms with Gasteiger partial charge in [-0.25, -0.2) is 0 Å². The summed E-state index contributed by atoms with van der Waals surface area (Å²) in [6.07, 6.45) is 1.47. The van der Waals surface area contributed by atoms with Crippen LogP contribution in [0.3, 0.4) is 0 Å². The smallest absolute Gasteiger partial charge is 0.199 e. The summed E-state index contributed by atoms with van der Waals surface area (Å²) in [5, 5.41) is 0. The summed E-state index contributed by atoms with van der Waals surface area (Å²) in [6, 6.07) is 7.63. The summed E-state index contributed by atoms with van der Waals surface area (Å²) in [5.74, 6) is 0.768. The first kappa shape index (κ1) is 11.8. The lowest BCUT2D eigenvalue weighted by molar-refractivity contribution is -0.138. The monoisotopic (exact) mass is 208 g/mol. The summed E-state index contributed by atoms with van der Waals surface area (Å²) in [4.78, 5) is 0. The minimum atomic E-state index is -0.320. The molecule has 0 fully saturated rings. The Balaban J connectivity index is 2.45. The highest BCUT2D eigenvalue weighted by Gasteiger charge is 2.02. The van der Waals surface area contributed by atoms with Crippen LogP contribution in [-0.2, 0) is 9.47 Å². The molecule has 0 saturated carbocycles. The molecule has 3 heteroatoms. The van der Waals surface area contributed by atoms with E-state index < -0.39 is 0 Å². The fourth-order valence-corrected chi connectivity index (χ4v) is 1.07. The zero-order valence-electron chi connectivity index (χ0n) is 9.10. The standard InChI is InChI=1S/C12H16O3/c1-4-11-5-7-12(8-6-11)15-10(2)14-9-13-3/h4-8,10H,1,9H2,2-3H3. The Labute approximate surface area is 90.3 Å². The second-order valence-corrected chi connectivity index (χ2v) is 3.03. The van der Waals surface area contributed by atoms with Crippen molar-refractivity contribution in [2.24, 2.45) is 0 Å². The normalized spacial score (nSPS) is 12.1. The largest absolute Gasteiger partial charge is 0.465 e. The average molecular weight is 208 g/mol. The molecule has 1 atom stereocenters. The predicted molar refractivity (Wildman–Crippen MR) is 59.6 cm³/mol. The average Bonchev–Trinajstić information content (AvgIpc) is 2.27. The van der Waals surface area contributed by atoms with Gasteiger partial charge in [0.25, 0.3) is 0 Å². The van der Waals surface area contributed by atoms with Crippen LogP contribution < -0.4 is 4.74 Å². The molecule has 0 aromatic heterocycles. The van der Waals surface area contributed by atoms with Gasteiger partial charge in [-0.3, -0.25) is 0 Å². The van der Waals surface area contributed by atoms with E-state index in [1.807, 2.05) is 31.2 Å². The molecule has 0 aliphatic heterocycles. The molecule has 15 heavy (non-hydrogen) atoms. The zero-order chi connectivity index (χ0) is 11.1. The maximum atomic E-state index is 5.48. The maximum Gasteiger partial charge on any atom is 0.199 e. The molecule has 1 unspecified atom stereocenters. The van der Waals surface area contributed by atoms with E-state index >= 15 is 0 Å². The van der Waals surface area contributed by atoms with Crippen molar-refractivity contribution in [3.05, 3.63) is 36.4 Å². The molecule has 0 spiro atoms. The molecular weight excluding hydrogens is 192 g/mol. The van der Waals surface area contributed by atoms with Crippen LogP contribution in [0.15, 0.2) is 30.8 Å². The molecule has 1 aromatic carbocycles. The van der Waals surface area contributed by atoms with E-state index in [1.165, 1.54) is 0 Å². The highest BCUT2D eigenvalue weighted by Crippen LogP contribution is 2.14. The Kier molecular flexibility index (Phi) is 4.87. The van der Waals surface area contributed by atoms with Crippen LogP contribution in [0, 0.1) is 0 Å². The first-order valence-electron chi connectivity index (χ1n) is 4.76. The van der Waals surface area contributed by atoms with Gasteiger partial charge < -0.3 is 14.2 Å². The third-order valence-corrected chi connectivity index (χ3v) is 1.84. The fraction of sp³-hybridized carbons (Fsp3) is 0.333. The van der Waals surface area contributed by atoms with Crippen molar-refractivity contribution in [3.63, 3.8) is 0 Å². The third kappa shape index (κ3) is 4.14. The van der Waals surface area contributed by atoms with Crippen molar-refractivity contribution in [1.82, 2.24) is 0 Å². The minimum absolute atomic E-state index is 0.228. The van der Waals surface area contributed by atoms with Gasteiger partial charge in [-0.05, 0) is 24.6 Å². The summed E-state index contributed by atoms with van der Waals surface area (Å²) in [7, 11) is 1.57. The topological polar surface area (TPSA) is 27.7 Å². The molecule has 0 aliphatic carbocycles. The highest BCUT2D eigenvalue weighted by atomic mass is 16.7. The number of rotatable bonds is 6. The van der Waals surface area contributed by atoms with Gasteiger partial charge in [-0.2, -0.15) is 0 Å². The molecule has 1 aromatic rings. The van der Waals surface area contributed by atoms with E-state index in [9.17, 15) is 0 Å². The van der Waals surface area contributed by atoms with Crippen molar-refractivity contribution in [2.75, 3.05) is 13.9 Å². The van der Waals surface area contributed by atoms with Gasteiger partial charge in [0.05, 0.1) is 0 Å². The lowest BCUT2D eigenvalue weighted by atomic mass is 10.2. The molecule has 0 saturated heterocycles. The van der Waals surface area contributed by atoms with E-state index in [1.54, 1.807) is 13.2 Å². The molecule has 0 amide bonds. The SMILES string of the molecule is C=Cc1ccc(OC(C)OCOC)cc1. The summed E-state index contributed by atoms with van der Waals surface area (Å²) in [6.45, 7) is 5.73. The molecule has 82 valence electrons. The summed E-state index contributed by atoms with van der Waals surface area (Å²) >= 11 is 0. The molecule has 3 nitrogen and oxygen atoms in total. The number of methoxy groups -OCH3 is 1. The Bertz CT molecular complexity index is 292. The molecule has 0 heterocycles. The van der Waals surface area contributed by atoms with Crippen molar-refractivity contribution >= 4 is 6.08 Å². The second-order valence-electron chi connectivity index (χ2n) is 3.03. The van der Waals surface area contributed by atoms with E-state index in [2.05, 4.69) is 6.58 Å². The first-order valence-corrected chi connectivity index (χ1v) is 4.76. The van der Waals surface area contributed by atoms with Crippen molar-refractivity contribution in [1.29, 1.82) is 0 Å². The zero-order valence-corrected chi connectivity index (χ0v) is 9.10. The van der Waals surface area contributed by atoms with Gasteiger partial charge in [-0.1, -0.05) is 24.8 Å². The molecule has 0 bridgehead atoms. The Morgan fingerprint density at radius 2 is 2.00 bits per heavy atom. The van der Waals surface area contributed by atoms with Crippen LogP contribution in [0.2, 0.25) is 0 Å². The lowest BCUT2D eigenvalue weighted by Gasteiger charge is -2.14. The van der Waals surface area contributed by atoms with Crippen molar-refractivity contribution in [2.45, 2.75) is 13.2 Å². The van der Waals surface area contributed by atoms with Gasteiger partial charge in [0.15, 0.2) is 13.1 Å². The summed E-state index contributed by atoms with van der Waals surface area (Å²) in [5.41, 5.74) is 1.06. The van der Waals surface area contributed by atoms with Crippen LogP contribution >= 0.6 is 0 Å². The van der Waals surface area contributed by atoms with Gasteiger partial charge in [0, 0.05) is 7.11 Å². The van der Waals surface area contributed by atoms with Crippen LogP contribution in [0.1, 0.15) is 12.5 Å². The Morgan fingerprint density at radius 3 is 2.53 bits per heavy atom. The van der Waals surface area contributed by atoms with E-state index in [0.29, 0.717) is 0 Å². The minimum Gasteiger partial charge on any atom is -0.465 e. The molecular formula is C12H16O3. The molecule has 0 aliphatic rings. The van der Waals surface area contributed by atoms with Crippen LogP contribution in [0.5, 0.6) is 5.75 Å². The Hall–Kier alpha value is -1.32. The van der Waals surface area contributed by atoms with Crippen LogP contribution in [-0.4, -0.2) is 20.2 Å². The summed E-state index contributed by atoms with van der Waals surface area (Å²) < 4.78 is 15.4. The highest BCUT2D eigenvalue weighted by molar-refractivity contribution is 5.48. The predicted octanol–water partition coefficient (Wildman–Crippen LogP) is 2.67. The molecule has 0 N–H and O–H groups in total. The number of ether oxygens (including phenoxy) is 3. The first-order chi connectivity index (χ1) is 7.26. The van der Waals surface area contributed by atoms with E-state index in [4.69, 9.17) is 14.2 Å². The van der Waals surface area contributed by atoms with E-state index in [0.717, 1.165) is 11.3 Å². The fourth-order valence-electron chi connectivity index (χ4n) is 1.07. The molecule has 0 radical (unpaired) electrons.